The zero-order valence-electron chi connectivity index (χ0n) is 13.3. The summed E-state index contributed by atoms with van der Waals surface area (Å²) in [5, 5.41) is 0. The molecular formula is C18H21N3O. The second kappa shape index (κ2) is 6.18. The third-order valence-electron chi connectivity index (χ3n) is 4.02. The Morgan fingerprint density at radius 1 is 1.18 bits per heavy atom. The number of hydrogen-bond acceptors (Lipinski definition) is 3. The second-order valence-corrected chi connectivity index (χ2v) is 5.52. The molecule has 114 valence electrons. The van der Waals surface area contributed by atoms with Crippen LogP contribution in [0.1, 0.15) is 30.2 Å². The first kappa shape index (κ1) is 14.6. The van der Waals surface area contributed by atoms with Gasteiger partial charge < -0.3 is 9.30 Å². The Kier molecular flexibility index (Phi) is 4.09. The highest BCUT2D eigenvalue weighted by molar-refractivity contribution is 5.86. The monoisotopic (exact) mass is 295 g/mol. The van der Waals surface area contributed by atoms with Gasteiger partial charge in [-0.3, -0.25) is 9.97 Å². The average molecular weight is 295 g/mol. The molecule has 0 aromatic carbocycles. The normalized spacial score (nSPS) is 11.0. The van der Waals surface area contributed by atoms with Crippen LogP contribution in [0.15, 0.2) is 36.8 Å². The Morgan fingerprint density at radius 2 is 2.05 bits per heavy atom. The van der Waals surface area contributed by atoms with Crippen molar-refractivity contribution in [2.24, 2.45) is 0 Å². The predicted molar refractivity (Wildman–Crippen MR) is 88.1 cm³/mol. The van der Waals surface area contributed by atoms with Crippen LogP contribution < -0.4 is 4.74 Å². The number of ether oxygens (including phenoxy) is 1. The van der Waals surface area contributed by atoms with Crippen LogP contribution in [0.3, 0.4) is 0 Å². The van der Waals surface area contributed by atoms with Crippen molar-refractivity contribution < 1.29 is 4.74 Å². The van der Waals surface area contributed by atoms with Crippen LogP contribution in [0, 0.1) is 13.8 Å². The summed E-state index contributed by atoms with van der Waals surface area (Å²) in [4.78, 5) is 8.67. The lowest BCUT2D eigenvalue weighted by molar-refractivity contribution is 0.308. The molecule has 0 fully saturated rings. The maximum absolute atomic E-state index is 6.06. The minimum atomic E-state index is 0.516. The van der Waals surface area contributed by atoms with Gasteiger partial charge in [-0.1, -0.05) is 13.0 Å². The summed E-state index contributed by atoms with van der Waals surface area (Å²) in [6.45, 7) is 7.96. The number of rotatable bonds is 5. The van der Waals surface area contributed by atoms with E-state index >= 15 is 0 Å². The van der Waals surface area contributed by atoms with E-state index in [1.54, 1.807) is 6.20 Å². The molecule has 0 aliphatic heterocycles. The van der Waals surface area contributed by atoms with Crippen LogP contribution in [0.5, 0.6) is 5.75 Å². The molecular weight excluding hydrogens is 274 g/mol. The van der Waals surface area contributed by atoms with E-state index in [1.165, 1.54) is 11.3 Å². The second-order valence-electron chi connectivity index (χ2n) is 5.52. The summed E-state index contributed by atoms with van der Waals surface area (Å²) in [5.41, 5.74) is 5.70. The van der Waals surface area contributed by atoms with Crippen molar-refractivity contribution in [1.29, 1.82) is 0 Å². The molecule has 3 aromatic rings. The van der Waals surface area contributed by atoms with Gasteiger partial charge in [-0.05, 0) is 31.9 Å². The SMILES string of the molecule is CCCn1c(C)c(C)c2nccc(OCc3cccnc3)c21. The lowest BCUT2D eigenvalue weighted by atomic mass is 10.2. The number of fused-ring (bicyclic) bond motifs is 1. The Hall–Kier alpha value is -2.36. The average Bonchev–Trinajstić information content (AvgIpc) is 2.80. The van der Waals surface area contributed by atoms with E-state index in [1.807, 2.05) is 30.6 Å². The van der Waals surface area contributed by atoms with E-state index < -0.39 is 0 Å². The molecule has 4 nitrogen and oxygen atoms in total. The number of aromatic nitrogens is 3. The van der Waals surface area contributed by atoms with Crippen molar-refractivity contribution in [3.05, 3.63) is 53.6 Å². The molecule has 0 radical (unpaired) electrons. The van der Waals surface area contributed by atoms with Crippen molar-refractivity contribution in [2.45, 2.75) is 40.3 Å². The smallest absolute Gasteiger partial charge is 0.147 e. The van der Waals surface area contributed by atoms with Gasteiger partial charge in [0, 0.05) is 42.5 Å². The number of hydrogen-bond donors (Lipinski definition) is 0. The van der Waals surface area contributed by atoms with Gasteiger partial charge in [-0.2, -0.15) is 0 Å². The summed E-state index contributed by atoms with van der Waals surface area (Å²) < 4.78 is 8.38. The molecule has 0 N–H and O–H groups in total. The van der Waals surface area contributed by atoms with Gasteiger partial charge >= 0.3 is 0 Å². The van der Waals surface area contributed by atoms with Crippen LogP contribution >= 0.6 is 0 Å². The minimum absolute atomic E-state index is 0.516. The molecule has 4 heteroatoms. The van der Waals surface area contributed by atoms with Crippen LogP contribution in [0.4, 0.5) is 0 Å². The van der Waals surface area contributed by atoms with Crippen LogP contribution in [0.2, 0.25) is 0 Å². The highest BCUT2D eigenvalue weighted by Gasteiger charge is 2.15. The highest BCUT2D eigenvalue weighted by Crippen LogP contribution is 2.31. The fraction of sp³-hybridized carbons (Fsp3) is 0.333. The molecule has 0 saturated carbocycles. The summed E-state index contributed by atoms with van der Waals surface area (Å²) in [6, 6.07) is 5.89. The van der Waals surface area contributed by atoms with Gasteiger partial charge in [-0.15, -0.1) is 0 Å². The largest absolute Gasteiger partial charge is 0.487 e. The van der Waals surface area contributed by atoms with Gasteiger partial charge in [0.1, 0.15) is 17.9 Å². The van der Waals surface area contributed by atoms with Crippen LogP contribution in [-0.2, 0) is 13.2 Å². The third kappa shape index (κ3) is 2.56. The Labute approximate surface area is 130 Å². The first-order valence-electron chi connectivity index (χ1n) is 7.68. The molecule has 0 amide bonds. The van der Waals surface area contributed by atoms with Gasteiger partial charge in [0.05, 0.1) is 5.52 Å². The van der Waals surface area contributed by atoms with Crippen molar-refractivity contribution in [3.8, 4) is 5.75 Å². The lowest BCUT2D eigenvalue weighted by Gasteiger charge is -2.11. The lowest BCUT2D eigenvalue weighted by Crippen LogP contribution is -2.02. The van der Waals surface area contributed by atoms with Crippen molar-refractivity contribution in [2.75, 3.05) is 0 Å². The molecule has 0 bridgehead atoms. The van der Waals surface area contributed by atoms with Crippen molar-refractivity contribution >= 4 is 11.0 Å². The fourth-order valence-corrected chi connectivity index (χ4v) is 2.78. The number of pyridine rings is 2. The fourth-order valence-electron chi connectivity index (χ4n) is 2.78. The first-order chi connectivity index (χ1) is 10.7. The Balaban J connectivity index is 2.00. The minimum Gasteiger partial charge on any atom is -0.487 e. The van der Waals surface area contributed by atoms with Crippen molar-refractivity contribution in [1.82, 2.24) is 14.5 Å². The third-order valence-corrected chi connectivity index (χ3v) is 4.02. The standard InChI is InChI=1S/C18H21N3O/c1-4-10-21-14(3)13(2)17-18(21)16(7-9-20-17)22-12-15-6-5-8-19-11-15/h5-9,11H,4,10,12H2,1-3H3. The summed E-state index contributed by atoms with van der Waals surface area (Å²) in [6.07, 6.45) is 6.51. The molecule has 3 heterocycles. The molecule has 0 aliphatic carbocycles. The topological polar surface area (TPSA) is 39.9 Å². The summed E-state index contributed by atoms with van der Waals surface area (Å²) in [5.74, 6) is 0.888. The van der Waals surface area contributed by atoms with E-state index in [4.69, 9.17) is 4.74 Å². The van der Waals surface area contributed by atoms with Gasteiger partial charge in [0.15, 0.2) is 0 Å². The molecule has 22 heavy (non-hydrogen) atoms. The quantitative estimate of drug-likeness (QED) is 0.713. The molecule has 0 spiro atoms. The molecule has 0 aliphatic rings. The zero-order chi connectivity index (χ0) is 15.5. The van der Waals surface area contributed by atoms with Crippen LogP contribution in [0.25, 0.3) is 11.0 Å². The van der Waals surface area contributed by atoms with Crippen molar-refractivity contribution in [3.63, 3.8) is 0 Å². The van der Waals surface area contributed by atoms with Gasteiger partial charge in [0.25, 0.3) is 0 Å². The molecule has 0 unspecified atom stereocenters. The van der Waals surface area contributed by atoms with E-state index in [-0.39, 0.29) is 0 Å². The van der Waals surface area contributed by atoms with E-state index in [0.29, 0.717) is 6.61 Å². The maximum atomic E-state index is 6.06. The highest BCUT2D eigenvalue weighted by atomic mass is 16.5. The number of aryl methyl sites for hydroxylation is 2. The maximum Gasteiger partial charge on any atom is 0.147 e. The first-order valence-corrected chi connectivity index (χ1v) is 7.68. The van der Waals surface area contributed by atoms with E-state index in [0.717, 1.165) is 35.3 Å². The summed E-state index contributed by atoms with van der Waals surface area (Å²) in [7, 11) is 0. The van der Waals surface area contributed by atoms with E-state index in [9.17, 15) is 0 Å². The molecule has 0 saturated heterocycles. The molecule has 0 atom stereocenters. The van der Waals surface area contributed by atoms with Crippen LogP contribution in [-0.4, -0.2) is 14.5 Å². The molecule has 3 rings (SSSR count). The number of nitrogens with zero attached hydrogens (tertiary/aromatic N) is 3. The summed E-state index contributed by atoms with van der Waals surface area (Å²) >= 11 is 0. The van der Waals surface area contributed by atoms with E-state index in [2.05, 4.69) is 35.3 Å². The Bertz CT molecular complexity index is 778. The molecule has 3 aromatic heterocycles. The predicted octanol–water partition coefficient (Wildman–Crippen LogP) is 4.04. The zero-order valence-corrected chi connectivity index (χ0v) is 13.3. The van der Waals surface area contributed by atoms with Gasteiger partial charge in [0.2, 0.25) is 0 Å². The Morgan fingerprint density at radius 3 is 2.77 bits per heavy atom. The van der Waals surface area contributed by atoms with Gasteiger partial charge in [-0.25, -0.2) is 0 Å².